The number of benzene rings is 1. The molecule has 0 aliphatic heterocycles. The Morgan fingerprint density at radius 2 is 2.29 bits per heavy atom. The molecule has 0 amide bonds. The molecule has 14 heavy (non-hydrogen) atoms. The molecule has 0 saturated carbocycles. The zero-order valence-electron chi connectivity index (χ0n) is 8.47. The Bertz CT molecular complexity index is 349. The van der Waals surface area contributed by atoms with Crippen LogP contribution >= 0.6 is 15.9 Å². The van der Waals surface area contributed by atoms with E-state index in [-0.39, 0.29) is 0 Å². The van der Waals surface area contributed by atoms with E-state index in [2.05, 4.69) is 52.1 Å². The first-order valence-electron chi connectivity index (χ1n) is 4.62. The van der Waals surface area contributed by atoms with Crippen molar-refractivity contribution in [3.05, 3.63) is 34.3 Å². The minimum Gasteiger partial charge on any atom is -0.300 e. The van der Waals surface area contributed by atoms with E-state index in [0.717, 1.165) is 11.0 Å². The highest BCUT2D eigenvalue weighted by molar-refractivity contribution is 9.10. The van der Waals surface area contributed by atoms with Crippen LogP contribution in [-0.2, 0) is 0 Å². The van der Waals surface area contributed by atoms with Crippen LogP contribution in [-0.4, -0.2) is 6.54 Å². The van der Waals surface area contributed by atoms with Gasteiger partial charge in [0.1, 0.15) is 0 Å². The molecule has 0 fully saturated rings. The highest BCUT2D eigenvalue weighted by atomic mass is 79.9. The third kappa shape index (κ3) is 3.53. The number of rotatable bonds is 3. The molecular weight excluding hydrogens is 238 g/mol. The molecule has 74 valence electrons. The van der Waals surface area contributed by atoms with Gasteiger partial charge in [-0.2, -0.15) is 0 Å². The fraction of sp³-hybridized carbons (Fsp3) is 0.333. The molecule has 0 saturated heterocycles. The zero-order valence-corrected chi connectivity index (χ0v) is 10.1. The van der Waals surface area contributed by atoms with E-state index in [1.807, 2.05) is 19.1 Å². The molecule has 0 bridgehead atoms. The van der Waals surface area contributed by atoms with Gasteiger partial charge in [-0.3, -0.25) is 5.32 Å². The normalized spacial score (nSPS) is 11.6. The summed E-state index contributed by atoms with van der Waals surface area (Å²) in [6.07, 6.45) is 0. The van der Waals surface area contributed by atoms with Crippen LogP contribution in [0.25, 0.3) is 0 Å². The second-order valence-electron chi connectivity index (χ2n) is 3.08. The number of nitrogens with one attached hydrogen (secondary N) is 1. The van der Waals surface area contributed by atoms with Crippen molar-refractivity contribution in [2.75, 3.05) is 6.54 Å². The average molecular weight is 252 g/mol. The standard InChI is InChI=1S/C12H14BrN/c1-3-4-8-14-10(2)11-6-5-7-12(13)9-11/h5-7,9-10,14H,8H2,1-2H3/t10-/m1/s1. The molecule has 0 radical (unpaired) electrons. The summed E-state index contributed by atoms with van der Waals surface area (Å²) < 4.78 is 1.12. The second-order valence-corrected chi connectivity index (χ2v) is 4.00. The molecule has 1 aromatic rings. The number of halogens is 1. The van der Waals surface area contributed by atoms with Gasteiger partial charge in [-0.25, -0.2) is 0 Å². The van der Waals surface area contributed by atoms with Crippen LogP contribution in [0.5, 0.6) is 0 Å². The van der Waals surface area contributed by atoms with Crippen LogP contribution < -0.4 is 5.32 Å². The summed E-state index contributed by atoms with van der Waals surface area (Å²) in [4.78, 5) is 0. The largest absolute Gasteiger partial charge is 0.300 e. The Morgan fingerprint density at radius 1 is 1.50 bits per heavy atom. The predicted molar refractivity (Wildman–Crippen MR) is 64.0 cm³/mol. The fourth-order valence-corrected chi connectivity index (χ4v) is 1.60. The monoisotopic (exact) mass is 251 g/mol. The summed E-state index contributed by atoms with van der Waals surface area (Å²) >= 11 is 3.46. The third-order valence-electron chi connectivity index (χ3n) is 2.02. The van der Waals surface area contributed by atoms with Gasteiger partial charge >= 0.3 is 0 Å². The maximum Gasteiger partial charge on any atom is 0.0581 e. The molecule has 0 heterocycles. The highest BCUT2D eigenvalue weighted by Gasteiger charge is 2.02. The third-order valence-corrected chi connectivity index (χ3v) is 2.52. The van der Waals surface area contributed by atoms with Gasteiger partial charge in [-0.15, -0.1) is 5.92 Å². The van der Waals surface area contributed by atoms with Gasteiger partial charge in [-0.1, -0.05) is 34.0 Å². The molecule has 2 heteroatoms. The van der Waals surface area contributed by atoms with Crippen molar-refractivity contribution >= 4 is 15.9 Å². The molecule has 0 unspecified atom stereocenters. The Kier molecular flexibility index (Phi) is 4.72. The molecule has 1 aromatic carbocycles. The summed E-state index contributed by atoms with van der Waals surface area (Å²) in [5.41, 5.74) is 1.28. The molecule has 0 aliphatic carbocycles. The van der Waals surface area contributed by atoms with Crippen LogP contribution in [0.3, 0.4) is 0 Å². The Balaban J connectivity index is 2.58. The van der Waals surface area contributed by atoms with E-state index in [0.29, 0.717) is 6.04 Å². The highest BCUT2D eigenvalue weighted by Crippen LogP contribution is 2.17. The first-order valence-corrected chi connectivity index (χ1v) is 5.42. The van der Waals surface area contributed by atoms with Crippen LogP contribution in [0, 0.1) is 11.8 Å². The topological polar surface area (TPSA) is 12.0 Å². The minimum absolute atomic E-state index is 0.341. The minimum atomic E-state index is 0.341. The van der Waals surface area contributed by atoms with E-state index >= 15 is 0 Å². The first-order chi connectivity index (χ1) is 6.74. The Hall–Kier alpha value is -0.780. The van der Waals surface area contributed by atoms with E-state index in [1.54, 1.807) is 0 Å². The molecule has 1 rings (SSSR count). The summed E-state index contributed by atoms with van der Waals surface area (Å²) in [6, 6.07) is 8.65. The molecule has 0 spiro atoms. The van der Waals surface area contributed by atoms with E-state index in [1.165, 1.54) is 5.56 Å². The lowest BCUT2D eigenvalue weighted by molar-refractivity contribution is 0.623. The van der Waals surface area contributed by atoms with Crippen LogP contribution in [0.1, 0.15) is 25.5 Å². The lowest BCUT2D eigenvalue weighted by Crippen LogP contribution is -2.18. The lowest BCUT2D eigenvalue weighted by Gasteiger charge is -2.12. The van der Waals surface area contributed by atoms with Gasteiger partial charge in [0.2, 0.25) is 0 Å². The van der Waals surface area contributed by atoms with Crippen molar-refractivity contribution in [1.82, 2.24) is 5.32 Å². The van der Waals surface area contributed by atoms with Crippen molar-refractivity contribution < 1.29 is 0 Å². The van der Waals surface area contributed by atoms with Crippen molar-refractivity contribution in [3.8, 4) is 11.8 Å². The maximum absolute atomic E-state index is 3.46. The van der Waals surface area contributed by atoms with Crippen molar-refractivity contribution in [2.24, 2.45) is 0 Å². The molecule has 0 aromatic heterocycles. The van der Waals surface area contributed by atoms with Crippen molar-refractivity contribution in [2.45, 2.75) is 19.9 Å². The molecule has 0 aliphatic rings. The summed E-state index contributed by atoms with van der Waals surface area (Å²) in [7, 11) is 0. The SMILES string of the molecule is CC#CCN[C@H](C)c1cccc(Br)c1. The van der Waals surface area contributed by atoms with E-state index < -0.39 is 0 Å². The maximum atomic E-state index is 3.46. The molecule has 1 atom stereocenters. The van der Waals surface area contributed by atoms with Crippen LogP contribution in [0.2, 0.25) is 0 Å². The first kappa shape index (κ1) is 11.3. The smallest absolute Gasteiger partial charge is 0.0581 e. The Morgan fingerprint density at radius 3 is 2.93 bits per heavy atom. The second kappa shape index (κ2) is 5.85. The summed E-state index contributed by atoms with van der Waals surface area (Å²) in [5.74, 6) is 5.85. The van der Waals surface area contributed by atoms with E-state index in [4.69, 9.17) is 0 Å². The van der Waals surface area contributed by atoms with Gasteiger partial charge in [0.25, 0.3) is 0 Å². The molecule has 1 nitrogen and oxygen atoms in total. The predicted octanol–water partition coefficient (Wildman–Crippen LogP) is 3.12. The Labute approximate surface area is 94.0 Å². The van der Waals surface area contributed by atoms with Crippen LogP contribution in [0.4, 0.5) is 0 Å². The van der Waals surface area contributed by atoms with Gasteiger partial charge in [0.15, 0.2) is 0 Å². The average Bonchev–Trinajstić information content (AvgIpc) is 2.18. The summed E-state index contributed by atoms with van der Waals surface area (Å²) in [6.45, 7) is 4.73. The van der Waals surface area contributed by atoms with Gasteiger partial charge < -0.3 is 0 Å². The van der Waals surface area contributed by atoms with Gasteiger partial charge in [-0.05, 0) is 31.5 Å². The zero-order chi connectivity index (χ0) is 10.4. The van der Waals surface area contributed by atoms with Crippen molar-refractivity contribution in [1.29, 1.82) is 0 Å². The van der Waals surface area contributed by atoms with Gasteiger partial charge in [0.05, 0.1) is 6.54 Å². The number of hydrogen-bond donors (Lipinski definition) is 1. The molecular formula is C12H14BrN. The number of hydrogen-bond acceptors (Lipinski definition) is 1. The lowest BCUT2D eigenvalue weighted by atomic mass is 10.1. The fourth-order valence-electron chi connectivity index (χ4n) is 1.19. The summed E-state index contributed by atoms with van der Waals surface area (Å²) in [5, 5.41) is 3.33. The molecule has 1 N–H and O–H groups in total. The van der Waals surface area contributed by atoms with Gasteiger partial charge in [0, 0.05) is 10.5 Å². The quantitative estimate of drug-likeness (QED) is 0.815. The van der Waals surface area contributed by atoms with E-state index in [9.17, 15) is 0 Å². The van der Waals surface area contributed by atoms with Crippen molar-refractivity contribution in [3.63, 3.8) is 0 Å². The van der Waals surface area contributed by atoms with Crippen LogP contribution in [0.15, 0.2) is 28.7 Å².